The molecule has 0 radical (unpaired) electrons. The van der Waals surface area contributed by atoms with Crippen molar-refractivity contribution in [3.8, 4) is 0 Å². The van der Waals surface area contributed by atoms with E-state index in [0.717, 1.165) is 25.8 Å². The first-order valence-electron chi connectivity index (χ1n) is 8.01. The average Bonchev–Trinajstić information content (AvgIpc) is 3.23. The standard InChI is InChI=1S/C16H31NO3/c1-6-10-17-16(14-8-9-14,15(18)19-7-2)11-20-13(5)12(3)4/h12-14,17H,6-11H2,1-5H3. The van der Waals surface area contributed by atoms with Crippen LogP contribution in [0.3, 0.4) is 0 Å². The van der Waals surface area contributed by atoms with Crippen molar-refractivity contribution in [3.63, 3.8) is 0 Å². The Morgan fingerprint density at radius 2 is 1.95 bits per heavy atom. The minimum absolute atomic E-state index is 0.144. The largest absolute Gasteiger partial charge is 0.465 e. The molecule has 1 aliphatic carbocycles. The number of ether oxygens (including phenoxy) is 2. The summed E-state index contributed by atoms with van der Waals surface area (Å²) in [5, 5.41) is 3.42. The highest BCUT2D eigenvalue weighted by molar-refractivity contribution is 5.82. The second-order valence-corrected chi connectivity index (χ2v) is 6.15. The lowest BCUT2D eigenvalue weighted by molar-refractivity contribution is -0.157. The molecule has 1 N–H and O–H groups in total. The Hall–Kier alpha value is -0.610. The van der Waals surface area contributed by atoms with E-state index >= 15 is 0 Å². The third-order valence-electron chi connectivity index (χ3n) is 4.12. The summed E-state index contributed by atoms with van der Waals surface area (Å²) in [5.41, 5.74) is -0.644. The molecule has 1 fully saturated rings. The zero-order valence-electron chi connectivity index (χ0n) is 13.7. The van der Waals surface area contributed by atoms with Crippen LogP contribution in [0, 0.1) is 11.8 Å². The normalized spacial score (nSPS) is 19.7. The molecular formula is C16H31NO3. The number of nitrogens with one attached hydrogen (secondary N) is 1. The highest BCUT2D eigenvalue weighted by Gasteiger charge is 2.52. The van der Waals surface area contributed by atoms with E-state index in [9.17, 15) is 4.79 Å². The van der Waals surface area contributed by atoms with E-state index in [1.54, 1.807) is 0 Å². The molecule has 0 bridgehead atoms. The molecule has 2 unspecified atom stereocenters. The quantitative estimate of drug-likeness (QED) is 0.627. The van der Waals surface area contributed by atoms with Crippen LogP contribution in [-0.4, -0.2) is 37.4 Å². The SMILES string of the molecule is CCCNC(COC(C)C(C)C)(C(=O)OCC)C1CC1. The summed E-state index contributed by atoms with van der Waals surface area (Å²) in [6, 6.07) is 0. The predicted molar refractivity (Wildman–Crippen MR) is 80.6 cm³/mol. The van der Waals surface area contributed by atoms with Gasteiger partial charge < -0.3 is 9.47 Å². The fourth-order valence-corrected chi connectivity index (χ4v) is 2.25. The zero-order valence-corrected chi connectivity index (χ0v) is 13.7. The molecule has 1 aliphatic rings. The average molecular weight is 285 g/mol. The van der Waals surface area contributed by atoms with Crippen LogP contribution in [-0.2, 0) is 14.3 Å². The number of carbonyl (C=O) groups is 1. The molecule has 20 heavy (non-hydrogen) atoms. The molecule has 0 aliphatic heterocycles. The van der Waals surface area contributed by atoms with Crippen molar-refractivity contribution in [1.29, 1.82) is 0 Å². The Balaban J connectivity index is 2.77. The molecule has 0 amide bonds. The summed E-state index contributed by atoms with van der Waals surface area (Å²) in [4.78, 5) is 12.5. The first-order valence-corrected chi connectivity index (χ1v) is 8.01. The van der Waals surface area contributed by atoms with Crippen LogP contribution in [0.15, 0.2) is 0 Å². The molecular weight excluding hydrogens is 254 g/mol. The van der Waals surface area contributed by atoms with Crippen molar-refractivity contribution < 1.29 is 14.3 Å². The van der Waals surface area contributed by atoms with Crippen molar-refractivity contribution in [2.24, 2.45) is 11.8 Å². The summed E-state index contributed by atoms with van der Waals surface area (Å²) in [6.45, 7) is 11.9. The lowest BCUT2D eigenvalue weighted by Gasteiger charge is -2.34. The minimum atomic E-state index is -0.644. The van der Waals surface area contributed by atoms with Crippen LogP contribution in [0.1, 0.15) is 53.9 Å². The third kappa shape index (κ3) is 4.45. The third-order valence-corrected chi connectivity index (χ3v) is 4.12. The van der Waals surface area contributed by atoms with Crippen LogP contribution in [0.25, 0.3) is 0 Å². The van der Waals surface area contributed by atoms with Gasteiger partial charge >= 0.3 is 5.97 Å². The summed E-state index contributed by atoms with van der Waals surface area (Å²) in [7, 11) is 0. The molecule has 0 aromatic rings. The molecule has 118 valence electrons. The van der Waals surface area contributed by atoms with E-state index in [2.05, 4.69) is 33.0 Å². The van der Waals surface area contributed by atoms with Gasteiger partial charge in [-0.3, -0.25) is 5.32 Å². The van der Waals surface area contributed by atoms with Crippen molar-refractivity contribution in [3.05, 3.63) is 0 Å². The van der Waals surface area contributed by atoms with Crippen molar-refractivity contribution in [1.82, 2.24) is 5.32 Å². The van der Waals surface area contributed by atoms with Crippen LogP contribution >= 0.6 is 0 Å². The Labute approximate surface area is 123 Å². The molecule has 0 aromatic heterocycles. The summed E-state index contributed by atoms with van der Waals surface area (Å²) < 4.78 is 11.3. The molecule has 0 saturated heterocycles. The van der Waals surface area contributed by atoms with E-state index in [1.807, 2.05) is 6.92 Å². The van der Waals surface area contributed by atoms with Gasteiger partial charge in [-0.05, 0) is 51.5 Å². The molecule has 1 saturated carbocycles. The zero-order chi connectivity index (χ0) is 15.2. The van der Waals surface area contributed by atoms with Crippen molar-refractivity contribution in [2.75, 3.05) is 19.8 Å². The Morgan fingerprint density at radius 3 is 2.40 bits per heavy atom. The van der Waals surface area contributed by atoms with E-state index in [-0.39, 0.29) is 12.1 Å². The van der Waals surface area contributed by atoms with Gasteiger partial charge in [-0.15, -0.1) is 0 Å². The lowest BCUT2D eigenvalue weighted by Crippen LogP contribution is -2.59. The van der Waals surface area contributed by atoms with Gasteiger partial charge in [0.15, 0.2) is 0 Å². The van der Waals surface area contributed by atoms with E-state index < -0.39 is 5.54 Å². The maximum absolute atomic E-state index is 12.5. The van der Waals surface area contributed by atoms with Crippen molar-refractivity contribution >= 4 is 5.97 Å². The van der Waals surface area contributed by atoms with E-state index in [4.69, 9.17) is 9.47 Å². The van der Waals surface area contributed by atoms with Gasteiger partial charge in [0.05, 0.1) is 19.3 Å². The highest BCUT2D eigenvalue weighted by atomic mass is 16.5. The molecule has 2 atom stereocenters. The second kappa shape index (κ2) is 7.99. The fourth-order valence-electron chi connectivity index (χ4n) is 2.25. The predicted octanol–water partition coefficient (Wildman–Crippen LogP) is 2.76. The number of rotatable bonds is 10. The van der Waals surface area contributed by atoms with Gasteiger partial charge in [0.2, 0.25) is 0 Å². The minimum Gasteiger partial charge on any atom is -0.465 e. The van der Waals surface area contributed by atoms with Gasteiger partial charge in [-0.2, -0.15) is 0 Å². The van der Waals surface area contributed by atoms with Crippen LogP contribution in [0.5, 0.6) is 0 Å². The maximum Gasteiger partial charge on any atom is 0.329 e. The van der Waals surface area contributed by atoms with E-state index in [0.29, 0.717) is 25.0 Å². The molecule has 4 nitrogen and oxygen atoms in total. The summed E-state index contributed by atoms with van der Waals surface area (Å²) in [5.74, 6) is 0.652. The molecule has 1 rings (SSSR count). The lowest BCUT2D eigenvalue weighted by atomic mass is 9.93. The summed E-state index contributed by atoms with van der Waals surface area (Å²) >= 11 is 0. The topological polar surface area (TPSA) is 47.6 Å². The Kier molecular flexibility index (Phi) is 6.96. The Morgan fingerprint density at radius 1 is 1.30 bits per heavy atom. The monoisotopic (exact) mass is 285 g/mol. The van der Waals surface area contributed by atoms with E-state index in [1.165, 1.54) is 0 Å². The van der Waals surface area contributed by atoms with Crippen LogP contribution < -0.4 is 5.32 Å². The number of carbonyl (C=O) groups excluding carboxylic acids is 1. The van der Waals surface area contributed by atoms with Crippen molar-refractivity contribution in [2.45, 2.75) is 65.5 Å². The number of hydrogen-bond donors (Lipinski definition) is 1. The Bertz CT molecular complexity index is 302. The smallest absolute Gasteiger partial charge is 0.329 e. The maximum atomic E-state index is 12.5. The molecule has 4 heteroatoms. The van der Waals surface area contributed by atoms with Crippen LogP contribution in [0.2, 0.25) is 0 Å². The van der Waals surface area contributed by atoms with Gasteiger partial charge in [0.1, 0.15) is 5.54 Å². The molecule has 0 heterocycles. The summed E-state index contributed by atoms with van der Waals surface area (Å²) in [6.07, 6.45) is 3.29. The van der Waals surface area contributed by atoms with Crippen LogP contribution in [0.4, 0.5) is 0 Å². The number of hydrogen-bond acceptors (Lipinski definition) is 4. The van der Waals surface area contributed by atoms with Gasteiger partial charge in [0.25, 0.3) is 0 Å². The molecule has 0 spiro atoms. The first-order chi connectivity index (χ1) is 9.47. The van der Waals surface area contributed by atoms with Gasteiger partial charge in [-0.25, -0.2) is 4.79 Å². The van der Waals surface area contributed by atoms with Gasteiger partial charge in [0, 0.05) is 0 Å². The fraction of sp³-hybridized carbons (Fsp3) is 0.938. The number of esters is 1. The van der Waals surface area contributed by atoms with Gasteiger partial charge in [-0.1, -0.05) is 20.8 Å². The first kappa shape index (κ1) is 17.4. The highest BCUT2D eigenvalue weighted by Crippen LogP contribution is 2.41. The molecule has 0 aromatic carbocycles. The second-order valence-electron chi connectivity index (χ2n) is 6.15.